The van der Waals surface area contributed by atoms with Crippen molar-refractivity contribution in [2.45, 2.75) is 36.4 Å². The van der Waals surface area contributed by atoms with Crippen molar-refractivity contribution >= 4 is 29.3 Å². The lowest BCUT2D eigenvalue weighted by Crippen LogP contribution is -2.17. The van der Waals surface area contributed by atoms with Crippen LogP contribution in [0.5, 0.6) is 0 Å². The normalized spacial score (nSPS) is 16.5. The molecular weight excluding hydrogens is 366 g/mol. The van der Waals surface area contributed by atoms with Gasteiger partial charge < -0.3 is 15.8 Å². The number of nitrogen functional groups attached to an aromatic ring is 1. The molecule has 10 nitrogen and oxygen atoms in total. The molecule has 0 unspecified atom stereocenters. The first-order valence-electron chi connectivity index (χ1n) is 8.59. The fourth-order valence-corrected chi connectivity index (χ4v) is 3.48. The molecule has 3 heterocycles. The second kappa shape index (κ2) is 8.27. The van der Waals surface area contributed by atoms with Crippen molar-refractivity contribution in [3.05, 3.63) is 36.2 Å². The lowest BCUT2D eigenvalue weighted by atomic mass is 10.2. The van der Waals surface area contributed by atoms with Crippen molar-refractivity contribution in [3.63, 3.8) is 0 Å². The third-order valence-electron chi connectivity index (χ3n) is 3.96. The minimum absolute atomic E-state index is 0.165. The van der Waals surface area contributed by atoms with Gasteiger partial charge in [0.2, 0.25) is 17.1 Å². The van der Waals surface area contributed by atoms with E-state index in [4.69, 9.17) is 10.5 Å². The summed E-state index contributed by atoms with van der Waals surface area (Å²) in [4.78, 5) is 12.8. The van der Waals surface area contributed by atoms with E-state index in [1.165, 1.54) is 11.8 Å². The van der Waals surface area contributed by atoms with Gasteiger partial charge in [-0.3, -0.25) is 0 Å². The van der Waals surface area contributed by atoms with Crippen LogP contribution >= 0.6 is 11.8 Å². The highest BCUT2D eigenvalue weighted by Crippen LogP contribution is 2.22. The number of para-hydroxylation sites is 1. The van der Waals surface area contributed by atoms with Crippen LogP contribution in [0.25, 0.3) is 0 Å². The van der Waals surface area contributed by atoms with Gasteiger partial charge >= 0.3 is 0 Å². The maximum absolute atomic E-state index is 5.83. The number of rotatable bonds is 7. The van der Waals surface area contributed by atoms with Gasteiger partial charge in [-0.1, -0.05) is 30.0 Å². The summed E-state index contributed by atoms with van der Waals surface area (Å²) in [7, 11) is 0. The van der Waals surface area contributed by atoms with Gasteiger partial charge in [-0.2, -0.15) is 15.0 Å². The van der Waals surface area contributed by atoms with Gasteiger partial charge in [0.25, 0.3) is 0 Å². The summed E-state index contributed by atoms with van der Waals surface area (Å²) in [6.07, 6.45) is 2.28. The van der Waals surface area contributed by atoms with Gasteiger partial charge in [0, 0.05) is 12.3 Å². The summed E-state index contributed by atoms with van der Waals surface area (Å²) in [5.74, 6) is 1.60. The van der Waals surface area contributed by atoms with Crippen molar-refractivity contribution in [2.75, 3.05) is 17.7 Å². The molecule has 0 saturated carbocycles. The first-order chi connectivity index (χ1) is 13.3. The Labute approximate surface area is 159 Å². The Morgan fingerprint density at radius 3 is 2.93 bits per heavy atom. The molecule has 11 heteroatoms. The number of nitrogens with two attached hydrogens (primary N) is 1. The fraction of sp³-hybridized carbons (Fsp3) is 0.375. The molecule has 140 valence electrons. The summed E-state index contributed by atoms with van der Waals surface area (Å²) < 4.78 is 7.41. The second-order valence-corrected chi connectivity index (χ2v) is 6.93. The number of hydrogen-bond donors (Lipinski definition) is 2. The molecule has 0 aliphatic carbocycles. The molecule has 1 aromatic carbocycles. The van der Waals surface area contributed by atoms with Crippen molar-refractivity contribution in [2.24, 2.45) is 0 Å². The van der Waals surface area contributed by atoms with E-state index in [-0.39, 0.29) is 12.1 Å². The number of ether oxygens (including phenoxy) is 1. The Morgan fingerprint density at radius 2 is 2.11 bits per heavy atom. The Kier molecular flexibility index (Phi) is 5.39. The van der Waals surface area contributed by atoms with Crippen LogP contribution in [-0.4, -0.2) is 47.9 Å². The predicted molar refractivity (Wildman–Crippen MR) is 100 cm³/mol. The number of aromatic nitrogens is 7. The average molecular weight is 385 g/mol. The minimum atomic E-state index is 0.165. The third-order valence-corrected chi connectivity index (χ3v) is 4.91. The SMILES string of the molecule is Nc1nc(CSc2nnnn2C[C@@H]2CCCO2)nc(Nc2ccccc2)n1. The van der Waals surface area contributed by atoms with E-state index in [0.717, 1.165) is 25.1 Å². The van der Waals surface area contributed by atoms with Crippen LogP contribution in [0.1, 0.15) is 18.7 Å². The zero-order valence-electron chi connectivity index (χ0n) is 14.5. The molecule has 0 radical (unpaired) electrons. The van der Waals surface area contributed by atoms with E-state index in [0.29, 0.717) is 29.2 Å². The number of hydrogen-bond acceptors (Lipinski definition) is 10. The highest BCUT2D eigenvalue weighted by Gasteiger charge is 2.19. The van der Waals surface area contributed by atoms with E-state index in [2.05, 4.69) is 35.8 Å². The van der Waals surface area contributed by atoms with Gasteiger partial charge in [-0.25, -0.2) is 4.68 Å². The molecule has 3 N–H and O–H groups in total. The van der Waals surface area contributed by atoms with E-state index < -0.39 is 0 Å². The number of nitrogens with zero attached hydrogens (tertiary/aromatic N) is 7. The molecule has 1 aliphatic heterocycles. The third kappa shape index (κ3) is 4.68. The van der Waals surface area contributed by atoms with Crippen LogP contribution in [0.4, 0.5) is 17.6 Å². The van der Waals surface area contributed by atoms with Crippen molar-refractivity contribution in [1.29, 1.82) is 0 Å². The molecule has 4 rings (SSSR count). The molecule has 0 amide bonds. The number of nitrogens with one attached hydrogen (secondary N) is 1. The quantitative estimate of drug-likeness (QED) is 0.579. The van der Waals surface area contributed by atoms with Gasteiger partial charge in [0.05, 0.1) is 18.4 Å². The van der Waals surface area contributed by atoms with Crippen molar-refractivity contribution < 1.29 is 4.74 Å². The maximum Gasteiger partial charge on any atom is 0.232 e. The number of thioether (sulfide) groups is 1. The van der Waals surface area contributed by atoms with Gasteiger partial charge in [-0.05, 0) is 35.4 Å². The minimum Gasteiger partial charge on any atom is -0.376 e. The van der Waals surface area contributed by atoms with Crippen molar-refractivity contribution in [1.82, 2.24) is 35.2 Å². The number of tetrazole rings is 1. The molecule has 1 saturated heterocycles. The van der Waals surface area contributed by atoms with E-state index in [1.54, 1.807) is 4.68 Å². The highest BCUT2D eigenvalue weighted by atomic mass is 32.2. The first-order valence-corrected chi connectivity index (χ1v) is 9.58. The Hall–Kier alpha value is -2.79. The first kappa shape index (κ1) is 17.6. The highest BCUT2D eigenvalue weighted by molar-refractivity contribution is 7.98. The standard InChI is InChI=1S/C16H19N9OS/c17-14-19-13(20-15(21-14)18-11-5-2-1-3-6-11)10-27-16-22-23-24-25(16)9-12-7-4-8-26-12/h1-3,5-6,12H,4,7-10H2,(H3,17,18,19,20,21)/t12-/m0/s1. The molecule has 3 aromatic rings. The second-order valence-electron chi connectivity index (χ2n) is 5.99. The van der Waals surface area contributed by atoms with E-state index in [9.17, 15) is 0 Å². The Balaban J connectivity index is 1.42. The summed E-state index contributed by atoms with van der Waals surface area (Å²) in [5.41, 5.74) is 6.70. The molecule has 0 spiro atoms. The van der Waals surface area contributed by atoms with Crippen molar-refractivity contribution in [3.8, 4) is 0 Å². The summed E-state index contributed by atoms with van der Waals surface area (Å²) >= 11 is 1.45. The van der Waals surface area contributed by atoms with E-state index in [1.807, 2.05) is 30.3 Å². The Morgan fingerprint density at radius 1 is 1.22 bits per heavy atom. The zero-order chi connectivity index (χ0) is 18.5. The molecule has 1 fully saturated rings. The van der Waals surface area contributed by atoms with Crippen LogP contribution in [0.3, 0.4) is 0 Å². The van der Waals surface area contributed by atoms with Crippen LogP contribution in [0, 0.1) is 0 Å². The number of anilines is 3. The van der Waals surface area contributed by atoms with Crippen LogP contribution in [0.2, 0.25) is 0 Å². The lowest BCUT2D eigenvalue weighted by molar-refractivity contribution is 0.0912. The van der Waals surface area contributed by atoms with Gasteiger partial charge in [0.1, 0.15) is 5.82 Å². The molecular formula is C16H19N9OS. The van der Waals surface area contributed by atoms with Crippen LogP contribution in [0.15, 0.2) is 35.5 Å². The summed E-state index contributed by atoms with van der Waals surface area (Å²) in [5, 5.41) is 15.7. The molecule has 1 atom stereocenters. The lowest BCUT2D eigenvalue weighted by Gasteiger charge is -2.10. The average Bonchev–Trinajstić information content (AvgIpc) is 3.33. The van der Waals surface area contributed by atoms with Gasteiger partial charge in [-0.15, -0.1) is 5.10 Å². The smallest absolute Gasteiger partial charge is 0.232 e. The predicted octanol–water partition coefficient (Wildman–Crippen LogP) is 1.66. The topological polar surface area (TPSA) is 130 Å². The molecule has 1 aliphatic rings. The zero-order valence-corrected chi connectivity index (χ0v) is 15.3. The monoisotopic (exact) mass is 385 g/mol. The number of benzene rings is 1. The maximum atomic E-state index is 5.83. The summed E-state index contributed by atoms with van der Waals surface area (Å²) in [6, 6.07) is 9.64. The molecule has 0 bridgehead atoms. The van der Waals surface area contributed by atoms with Gasteiger partial charge in [0.15, 0.2) is 0 Å². The van der Waals surface area contributed by atoms with Crippen LogP contribution < -0.4 is 11.1 Å². The largest absolute Gasteiger partial charge is 0.376 e. The molecule has 2 aromatic heterocycles. The fourth-order valence-electron chi connectivity index (χ4n) is 2.73. The van der Waals surface area contributed by atoms with E-state index >= 15 is 0 Å². The summed E-state index contributed by atoms with van der Waals surface area (Å²) in [6.45, 7) is 1.45. The molecule has 27 heavy (non-hydrogen) atoms. The van der Waals surface area contributed by atoms with Crippen LogP contribution in [-0.2, 0) is 17.0 Å². The Bertz CT molecular complexity index is 883.